The van der Waals surface area contributed by atoms with Crippen LogP contribution < -0.4 is 9.47 Å². The van der Waals surface area contributed by atoms with Crippen LogP contribution >= 0.6 is 0 Å². The number of fused-ring (bicyclic) bond motifs is 11. The highest BCUT2D eigenvalue weighted by Gasteiger charge is 2.51. The Balaban J connectivity index is 1.46. The fourth-order valence-electron chi connectivity index (χ4n) is 6.98. The van der Waals surface area contributed by atoms with E-state index >= 15 is 0 Å². The minimum Gasteiger partial charge on any atom is -0.457 e. The molecule has 3 heteroatoms. The molecule has 188 valence electrons. The number of aromatic nitrogens is 1. The Morgan fingerprint density at radius 1 is 0.400 bits per heavy atom. The minimum absolute atomic E-state index is 0.607. The number of rotatable bonds is 1. The molecule has 0 saturated carbocycles. The smallest absolute Gasteiger partial charge is 0.156 e. The molecular weight excluding hydrogens is 490 g/mol. The van der Waals surface area contributed by atoms with Crippen LogP contribution in [0.5, 0.6) is 23.0 Å². The van der Waals surface area contributed by atoms with Gasteiger partial charge in [-0.15, -0.1) is 0 Å². The van der Waals surface area contributed by atoms with Crippen molar-refractivity contribution in [2.24, 2.45) is 0 Å². The Bertz CT molecular complexity index is 2020. The molecule has 0 radical (unpaired) electrons. The van der Waals surface area contributed by atoms with Crippen LogP contribution in [0.1, 0.15) is 22.3 Å². The van der Waals surface area contributed by atoms with Crippen molar-refractivity contribution >= 4 is 21.8 Å². The van der Waals surface area contributed by atoms with E-state index in [9.17, 15) is 0 Å². The molecule has 0 bridgehead atoms. The number of para-hydroxylation sites is 6. The zero-order chi connectivity index (χ0) is 26.3. The van der Waals surface area contributed by atoms with Gasteiger partial charge >= 0.3 is 0 Å². The number of nitrogens with zero attached hydrogens (tertiary/aromatic N) is 1. The maximum Gasteiger partial charge on any atom is 0.156 e. The second kappa shape index (κ2) is 7.87. The molecule has 3 nitrogen and oxygen atoms in total. The molecule has 0 fully saturated rings. The molecule has 3 heterocycles. The van der Waals surface area contributed by atoms with Gasteiger partial charge in [-0.25, -0.2) is 0 Å². The lowest BCUT2D eigenvalue weighted by Crippen LogP contribution is -2.37. The Hall–Kier alpha value is -5.28. The Morgan fingerprint density at radius 2 is 0.850 bits per heavy atom. The predicted molar refractivity (Wildman–Crippen MR) is 159 cm³/mol. The zero-order valence-electron chi connectivity index (χ0n) is 21.5. The van der Waals surface area contributed by atoms with E-state index in [4.69, 9.17) is 9.47 Å². The van der Waals surface area contributed by atoms with Gasteiger partial charge in [-0.3, -0.25) is 0 Å². The predicted octanol–water partition coefficient (Wildman–Crippen LogP) is 9.38. The van der Waals surface area contributed by atoms with Gasteiger partial charge in [-0.1, -0.05) is 103 Å². The largest absolute Gasteiger partial charge is 0.457 e. The minimum atomic E-state index is -0.607. The molecule has 2 aliphatic heterocycles. The van der Waals surface area contributed by atoms with Crippen LogP contribution in [-0.2, 0) is 5.41 Å². The molecule has 6 aromatic carbocycles. The summed E-state index contributed by atoms with van der Waals surface area (Å²) >= 11 is 0. The molecule has 1 spiro atoms. The summed E-state index contributed by atoms with van der Waals surface area (Å²) < 4.78 is 15.8. The SMILES string of the molecule is c1ccc2c(c1)Oc1ccccc1C21c2ccccc2Oc2c(-n3c4ccccc4c4ccccc43)cccc21. The fraction of sp³-hybridized carbons (Fsp3) is 0.0270. The first-order valence-corrected chi connectivity index (χ1v) is 13.6. The van der Waals surface area contributed by atoms with Crippen LogP contribution in [0, 0.1) is 0 Å². The number of benzene rings is 6. The maximum absolute atomic E-state index is 6.93. The molecule has 0 aliphatic carbocycles. The van der Waals surface area contributed by atoms with E-state index < -0.39 is 5.41 Å². The van der Waals surface area contributed by atoms with Gasteiger partial charge in [0.25, 0.3) is 0 Å². The summed E-state index contributed by atoms with van der Waals surface area (Å²) in [4.78, 5) is 0. The van der Waals surface area contributed by atoms with Gasteiger partial charge in [0.15, 0.2) is 5.75 Å². The summed E-state index contributed by atoms with van der Waals surface area (Å²) in [6.45, 7) is 0. The first-order valence-electron chi connectivity index (χ1n) is 13.6. The lowest BCUT2D eigenvalue weighted by molar-refractivity contribution is 0.398. The second-order valence-electron chi connectivity index (χ2n) is 10.5. The molecule has 7 aromatic rings. The number of hydrogen-bond acceptors (Lipinski definition) is 2. The third-order valence-corrected chi connectivity index (χ3v) is 8.52. The van der Waals surface area contributed by atoms with Gasteiger partial charge in [0.05, 0.1) is 22.1 Å². The number of hydrogen-bond donors (Lipinski definition) is 0. The van der Waals surface area contributed by atoms with E-state index in [1.807, 2.05) is 12.1 Å². The van der Waals surface area contributed by atoms with Crippen molar-refractivity contribution in [3.05, 3.63) is 162 Å². The normalized spacial score (nSPS) is 14.1. The van der Waals surface area contributed by atoms with Crippen LogP contribution in [0.2, 0.25) is 0 Å². The lowest BCUT2D eigenvalue weighted by atomic mass is 9.62. The molecule has 0 unspecified atom stereocenters. The third kappa shape index (κ3) is 2.64. The van der Waals surface area contributed by atoms with Crippen molar-refractivity contribution in [1.29, 1.82) is 0 Å². The highest BCUT2D eigenvalue weighted by Crippen LogP contribution is 2.62. The summed E-state index contributed by atoms with van der Waals surface area (Å²) in [5.74, 6) is 3.45. The lowest BCUT2D eigenvalue weighted by Gasteiger charge is -2.45. The van der Waals surface area contributed by atoms with E-state index in [-0.39, 0.29) is 0 Å². The van der Waals surface area contributed by atoms with Crippen molar-refractivity contribution in [2.45, 2.75) is 5.41 Å². The standard InChI is InChI=1S/C37H23NO2/c1-6-18-30-24(12-1)25-13-2-7-19-31(25)38(30)32-20-11-17-29-36(32)40-35-23-10-5-16-28(35)37(29)26-14-3-8-21-33(26)39-34-22-9-4-15-27(34)37/h1-23H. The molecule has 0 amide bonds. The van der Waals surface area contributed by atoms with E-state index in [1.165, 1.54) is 10.8 Å². The van der Waals surface area contributed by atoms with E-state index in [0.717, 1.165) is 62.0 Å². The summed E-state index contributed by atoms with van der Waals surface area (Å²) in [6, 6.07) is 49.1. The summed E-state index contributed by atoms with van der Waals surface area (Å²) in [5.41, 5.74) is 7.17. The van der Waals surface area contributed by atoms with Crippen LogP contribution in [-0.4, -0.2) is 4.57 Å². The van der Waals surface area contributed by atoms with Crippen LogP contribution in [0.3, 0.4) is 0 Å². The molecular formula is C37H23NO2. The van der Waals surface area contributed by atoms with Crippen molar-refractivity contribution in [3.8, 4) is 28.7 Å². The molecule has 40 heavy (non-hydrogen) atoms. The fourth-order valence-corrected chi connectivity index (χ4v) is 6.98. The topological polar surface area (TPSA) is 23.4 Å². The molecule has 2 aliphatic rings. The van der Waals surface area contributed by atoms with Gasteiger partial charge in [-0.05, 0) is 36.4 Å². The second-order valence-corrected chi connectivity index (χ2v) is 10.5. The van der Waals surface area contributed by atoms with E-state index in [2.05, 4.69) is 132 Å². The monoisotopic (exact) mass is 513 g/mol. The first kappa shape index (κ1) is 21.6. The third-order valence-electron chi connectivity index (χ3n) is 8.52. The van der Waals surface area contributed by atoms with E-state index in [0.29, 0.717) is 0 Å². The average molecular weight is 514 g/mol. The van der Waals surface area contributed by atoms with Crippen molar-refractivity contribution in [3.63, 3.8) is 0 Å². The maximum atomic E-state index is 6.93. The average Bonchev–Trinajstić information content (AvgIpc) is 3.35. The molecule has 1 aromatic heterocycles. The van der Waals surface area contributed by atoms with Crippen LogP contribution in [0.25, 0.3) is 27.5 Å². The summed E-state index contributed by atoms with van der Waals surface area (Å²) in [7, 11) is 0. The molecule has 9 rings (SSSR count). The molecule has 0 saturated heterocycles. The summed E-state index contributed by atoms with van der Waals surface area (Å²) in [6.07, 6.45) is 0. The quantitative estimate of drug-likeness (QED) is 0.218. The molecule has 0 atom stereocenters. The Labute approximate surface area is 231 Å². The highest BCUT2D eigenvalue weighted by atomic mass is 16.5. The highest BCUT2D eigenvalue weighted by molar-refractivity contribution is 6.09. The molecule has 0 N–H and O–H groups in total. The first-order chi connectivity index (χ1) is 19.9. The van der Waals surface area contributed by atoms with Gasteiger partial charge in [0.1, 0.15) is 17.2 Å². The van der Waals surface area contributed by atoms with Gasteiger partial charge < -0.3 is 14.0 Å². The van der Waals surface area contributed by atoms with Gasteiger partial charge in [0.2, 0.25) is 0 Å². The Kier molecular flexibility index (Phi) is 4.26. The Morgan fingerprint density at radius 3 is 1.43 bits per heavy atom. The van der Waals surface area contributed by atoms with Crippen molar-refractivity contribution < 1.29 is 9.47 Å². The van der Waals surface area contributed by atoms with Crippen molar-refractivity contribution in [2.75, 3.05) is 0 Å². The van der Waals surface area contributed by atoms with Crippen molar-refractivity contribution in [1.82, 2.24) is 4.57 Å². The zero-order valence-corrected chi connectivity index (χ0v) is 21.5. The number of ether oxygens (including phenoxy) is 2. The summed E-state index contributed by atoms with van der Waals surface area (Å²) in [5, 5.41) is 2.45. The van der Waals surface area contributed by atoms with Crippen LogP contribution in [0.4, 0.5) is 0 Å². The van der Waals surface area contributed by atoms with E-state index in [1.54, 1.807) is 0 Å². The van der Waals surface area contributed by atoms with Gasteiger partial charge in [-0.2, -0.15) is 0 Å². The van der Waals surface area contributed by atoms with Crippen LogP contribution in [0.15, 0.2) is 140 Å². The van der Waals surface area contributed by atoms with Gasteiger partial charge in [0, 0.05) is 33.0 Å².